The van der Waals surface area contributed by atoms with Gasteiger partial charge in [0.2, 0.25) is 0 Å². The molecule has 4 nitrogen and oxygen atoms in total. The normalized spacial score (nSPS) is 22.5. The van der Waals surface area contributed by atoms with Crippen LogP contribution >= 0.6 is 11.3 Å². The molecule has 0 amide bonds. The van der Waals surface area contributed by atoms with Gasteiger partial charge in [-0.3, -0.25) is 9.80 Å². The second-order valence-electron chi connectivity index (χ2n) is 4.98. The molecule has 0 spiro atoms. The SMILES string of the molecule is CCN1CCN(Cc2csc(CNC)n2)CC1C. The van der Waals surface area contributed by atoms with Gasteiger partial charge in [0.25, 0.3) is 0 Å². The van der Waals surface area contributed by atoms with Gasteiger partial charge in [-0.15, -0.1) is 11.3 Å². The molecule has 0 bridgehead atoms. The summed E-state index contributed by atoms with van der Waals surface area (Å²) in [5.74, 6) is 0. The summed E-state index contributed by atoms with van der Waals surface area (Å²) in [5, 5.41) is 6.53. The maximum Gasteiger partial charge on any atom is 0.107 e. The van der Waals surface area contributed by atoms with Crippen molar-refractivity contribution in [3.05, 3.63) is 16.1 Å². The molecule has 18 heavy (non-hydrogen) atoms. The Morgan fingerprint density at radius 3 is 3.00 bits per heavy atom. The molecule has 0 radical (unpaired) electrons. The molecule has 0 aromatic carbocycles. The summed E-state index contributed by atoms with van der Waals surface area (Å²) in [5.41, 5.74) is 1.22. The second-order valence-corrected chi connectivity index (χ2v) is 5.92. The van der Waals surface area contributed by atoms with Crippen LogP contribution in [0.15, 0.2) is 5.38 Å². The molecule has 0 saturated carbocycles. The van der Waals surface area contributed by atoms with Gasteiger partial charge in [0, 0.05) is 44.1 Å². The molecule has 2 heterocycles. The van der Waals surface area contributed by atoms with Crippen LogP contribution < -0.4 is 5.32 Å². The zero-order valence-corrected chi connectivity index (χ0v) is 12.5. The summed E-state index contributed by atoms with van der Waals surface area (Å²) in [7, 11) is 1.97. The Hall–Kier alpha value is -0.490. The Kier molecular flexibility index (Phi) is 5.12. The third kappa shape index (κ3) is 3.51. The van der Waals surface area contributed by atoms with Crippen LogP contribution in [0.4, 0.5) is 0 Å². The number of nitrogens with one attached hydrogen (secondary N) is 1. The topological polar surface area (TPSA) is 31.4 Å². The van der Waals surface area contributed by atoms with E-state index < -0.39 is 0 Å². The molecular weight excluding hydrogens is 244 g/mol. The summed E-state index contributed by atoms with van der Waals surface area (Å²) in [6.07, 6.45) is 0. The van der Waals surface area contributed by atoms with Crippen molar-refractivity contribution in [2.24, 2.45) is 0 Å². The molecule has 5 heteroatoms. The van der Waals surface area contributed by atoms with Crippen LogP contribution in [0.5, 0.6) is 0 Å². The van der Waals surface area contributed by atoms with Crippen molar-refractivity contribution in [1.29, 1.82) is 0 Å². The van der Waals surface area contributed by atoms with E-state index >= 15 is 0 Å². The van der Waals surface area contributed by atoms with E-state index in [1.165, 1.54) is 17.2 Å². The van der Waals surface area contributed by atoms with Crippen molar-refractivity contribution in [3.8, 4) is 0 Å². The number of aromatic nitrogens is 1. The molecule has 1 N–H and O–H groups in total. The lowest BCUT2D eigenvalue weighted by atomic mass is 10.2. The van der Waals surface area contributed by atoms with Gasteiger partial charge in [0.1, 0.15) is 5.01 Å². The first-order valence-corrected chi connectivity index (χ1v) is 7.65. The fourth-order valence-corrected chi connectivity index (χ4v) is 3.36. The number of nitrogens with zero attached hydrogens (tertiary/aromatic N) is 3. The average molecular weight is 268 g/mol. The van der Waals surface area contributed by atoms with Gasteiger partial charge in [-0.1, -0.05) is 6.92 Å². The number of piperazine rings is 1. The lowest BCUT2D eigenvalue weighted by molar-refractivity contribution is 0.0827. The third-order valence-electron chi connectivity index (χ3n) is 3.57. The van der Waals surface area contributed by atoms with Crippen LogP contribution in [0.25, 0.3) is 0 Å². The minimum Gasteiger partial charge on any atom is -0.314 e. The zero-order chi connectivity index (χ0) is 13.0. The van der Waals surface area contributed by atoms with Crippen molar-refractivity contribution >= 4 is 11.3 Å². The standard InChI is InChI=1S/C13H24N4S/c1-4-17-6-5-16(8-11(17)2)9-12-10-18-13(15-12)7-14-3/h10-11,14H,4-9H2,1-3H3. The predicted octanol–water partition coefficient (Wildman–Crippen LogP) is 1.39. The number of rotatable bonds is 5. The summed E-state index contributed by atoms with van der Waals surface area (Å²) < 4.78 is 0. The quantitative estimate of drug-likeness (QED) is 0.874. The molecule has 102 valence electrons. The van der Waals surface area contributed by atoms with Crippen molar-refractivity contribution in [3.63, 3.8) is 0 Å². The van der Waals surface area contributed by atoms with Crippen LogP contribution in [-0.2, 0) is 13.1 Å². The minimum atomic E-state index is 0.666. The van der Waals surface area contributed by atoms with Crippen LogP contribution in [0.2, 0.25) is 0 Å². The smallest absolute Gasteiger partial charge is 0.107 e. The Bertz CT molecular complexity index is 366. The minimum absolute atomic E-state index is 0.666. The monoisotopic (exact) mass is 268 g/mol. The first-order chi connectivity index (χ1) is 8.72. The van der Waals surface area contributed by atoms with E-state index in [2.05, 4.69) is 39.3 Å². The van der Waals surface area contributed by atoms with E-state index in [0.717, 1.165) is 32.7 Å². The molecule has 1 atom stereocenters. The van der Waals surface area contributed by atoms with Crippen molar-refractivity contribution in [2.75, 3.05) is 33.2 Å². The van der Waals surface area contributed by atoms with Gasteiger partial charge in [-0.2, -0.15) is 0 Å². The Balaban J connectivity index is 1.86. The number of thiazole rings is 1. The van der Waals surface area contributed by atoms with E-state index in [4.69, 9.17) is 0 Å². The van der Waals surface area contributed by atoms with Gasteiger partial charge in [-0.25, -0.2) is 4.98 Å². The predicted molar refractivity (Wildman–Crippen MR) is 76.9 cm³/mol. The second kappa shape index (κ2) is 6.61. The molecule has 1 aromatic heterocycles. The highest BCUT2D eigenvalue weighted by Gasteiger charge is 2.22. The fourth-order valence-electron chi connectivity index (χ4n) is 2.57. The molecule has 1 aliphatic heterocycles. The van der Waals surface area contributed by atoms with E-state index in [9.17, 15) is 0 Å². The fraction of sp³-hybridized carbons (Fsp3) is 0.769. The molecular formula is C13H24N4S. The average Bonchev–Trinajstić information content (AvgIpc) is 2.77. The number of hydrogen-bond donors (Lipinski definition) is 1. The maximum absolute atomic E-state index is 4.66. The molecule has 2 rings (SSSR count). The van der Waals surface area contributed by atoms with Crippen molar-refractivity contribution < 1.29 is 0 Å². The van der Waals surface area contributed by atoms with Crippen LogP contribution in [0, 0.1) is 0 Å². The lowest BCUT2D eigenvalue weighted by Crippen LogP contribution is -2.51. The lowest BCUT2D eigenvalue weighted by Gasteiger charge is -2.39. The van der Waals surface area contributed by atoms with Gasteiger partial charge in [-0.05, 0) is 20.5 Å². The molecule has 1 fully saturated rings. The highest BCUT2D eigenvalue weighted by molar-refractivity contribution is 7.09. The van der Waals surface area contributed by atoms with Gasteiger partial charge >= 0.3 is 0 Å². The maximum atomic E-state index is 4.66. The summed E-state index contributed by atoms with van der Waals surface area (Å²) in [6, 6.07) is 0.666. The first kappa shape index (κ1) is 13.9. The molecule has 1 aromatic rings. The van der Waals surface area contributed by atoms with E-state index in [-0.39, 0.29) is 0 Å². The molecule has 1 aliphatic rings. The highest BCUT2D eigenvalue weighted by Crippen LogP contribution is 2.15. The first-order valence-electron chi connectivity index (χ1n) is 6.77. The zero-order valence-electron chi connectivity index (χ0n) is 11.6. The molecule has 0 aliphatic carbocycles. The molecule has 1 unspecified atom stereocenters. The van der Waals surface area contributed by atoms with Crippen LogP contribution in [0.1, 0.15) is 24.5 Å². The van der Waals surface area contributed by atoms with Crippen LogP contribution in [0.3, 0.4) is 0 Å². The summed E-state index contributed by atoms with van der Waals surface area (Å²) in [6.45, 7) is 11.1. The highest BCUT2D eigenvalue weighted by atomic mass is 32.1. The van der Waals surface area contributed by atoms with E-state index in [0.29, 0.717) is 6.04 Å². The Morgan fingerprint density at radius 2 is 2.33 bits per heavy atom. The van der Waals surface area contributed by atoms with Crippen LogP contribution in [-0.4, -0.2) is 54.1 Å². The van der Waals surface area contributed by atoms with Gasteiger partial charge < -0.3 is 5.32 Å². The molecule has 1 saturated heterocycles. The van der Waals surface area contributed by atoms with Gasteiger partial charge in [0.15, 0.2) is 0 Å². The summed E-state index contributed by atoms with van der Waals surface area (Å²) >= 11 is 1.76. The largest absolute Gasteiger partial charge is 0.314 e. The number of hydrogen-bond acceptors (Lipinski definition) is 5. The van der Waals surface area contributed by atoms with Crippen molar-refractivity contribution in [2.45, 2.75) is 33.0 Å². The Morgan fingerprint density at radius 1 is 1.50 bits per heavy atom. The van der Waals surface area contributed by atoms with Gasteiger partial charge in [0.05, 0.1) is 5.69 Å². The third-order valence-corrected chi connectivity index (χ3v) is 4.47. The van der Waals surface area contributed by atoms with E-state index in [1.54, 1.807) is 11.3 Å². The van der Waals surface area contributed by atoms with Crippen molar-refractivity contribution in [1.82, 2.24) is 20.1 Å². The summed E-state index contributed by atoms with van der Waals surface area (Å²) in [4.78, 5) is 9.73. The Labute approximate surface area is 114 Å². The van der Waals surface area contributed by atoms with E-state index in [1.807, 2.05) is 7.05 Å². The number of likely N-dealkylation sites (N-methyl/N-ethyl adjacent to an activating group) is 1.